The summed E-state index contributed by atoms with van der Waals surface area (Å²) in [5, 5.41) is 10.4. The van der Waals surface area contributed by atoms with Crippen LogP contribution in [0.3, 0.4) is 0 Å². The highest BCUT2D eigenvalue weighted by atomic mass is 35.5. The molecule has 1 aromatic heterocycles. The number of rotatable bonds is 4. The summed E-state index contributed by atoms with van der Waals surface area (Å²) in [6.07, 6.45) is 1.12. The van der Waals surface area contributed by atoms with Crippen LogP contribution in [0.5, 0.6) is 11.6 Å². The van der Waals surface area contributed by atoms with Gasteiger partial charge in [0.05, 0.1) is 17.2 Å². The number of anilines is 1. The summed E-state index contributed by atoms with van der Waals surface area (Å²) in [7, 11) is 0. The minimum atomic E-state index is -1.27. The molecule has 0 fully saturated rings. The molecule has 8 nitrogen and oxygen atoms in total. The zero-order valence-electron chi connectivity index (χ0n) is 10.0. The molecule has 2 aromatic rings. The highest BCUT2D eigenvalue weighted by Crippen LogP contribution is 2.32. The standard InChI is InChI=1S/C10H6ClF2N5O3/c11-4-3-15-10(17-14)16-9(4)21-8-2-5(12)7(18(19)20)1-6(8)13/h1-3H,14H2,(H,15,16,17). The molecule has 0 aliphatic rings. The molecule has 0 saturated heterocycles. The number of nitrogen functional groups attached to an aromatic ring is 1. The molecule has 110 valence electrons. The van der Waals surface area contributed by atoms with E-state index in [0.717, 1.165) is 6.20 Å². The maximum Gasteiger partial charge on any atom is 0.307 e. The Bertz CT molecular complexity index is 715. The summed E-state index contributed by atoms with van der Waals surface area (Å²) in [5.74, 6) is 1.67. The van der Waals surface area contributed by atoms with Crippen LogP contribution in [-0.2, 0) is 0 Å². The summed E-state index contributed by atoms with van der Waals surface area (Å²) < 4.78 is 32.1. The molecule has 3 N–H and O–H groups in total. The summed E-state index contributed by atoms with van der Waals surface area (Å²) in [6, 6.07) is 0.906. The van der Waals surface area contributed by atoms with Crippen molar-refractivity contribution in [1.29, 1.82) is 0 Å². The molecular formula is C10H6ClF2N5O3. The van der Waals surface area contributed by atoms with E-state index in [4.69, 9.17) is 22.2 Å². The van der Waals surface area contributed by atoms with Crippen LogP contribution in [0, 0.1) is 21.7 Å². The van der Waals surface area contributed by atoms with E-state index < -0.39 is 28.0 Å². The van der Waals surface area contributed by atoms with Crippen LogP contribution in [0.25, 0.3) is 0 Å². The monoisotopic (exact) mass is 317 g/mol. The summed E-state index contributed by atoms with van der Waals surface area (Å²) in [5.41, 5.74) is 1.10. The Balaban J connectivity index is 2.40. The van der Waals surface area contributed by atoms with E-state index in [0.29, 0.717) is 12.1 Å². The van der Waals surface area contributed by atoms with Gasteiger partial charge in [-0.2, -0.15) is 9.37 Å². The Morgan fingerprint density at radius 3 is 2.71 bits per heavy atom. The molecule has 11 heteroatoms. The van der Waals surface area contributed by atoms with Gasteiger partial charge in [0.25, 0.3) is 0 Å². The topological polar surface area (TPSA) is 116 Å². The van der Waals surface area contributed by atoms with E-state index in [1.807, 2.05) is 0 Å². The van der Waals surface area contributed by atoms with Crippen molar-refractivity contribution in [3.8, 4) is 11.6 Å². The fraction of sp³-hybridized carbons (Fsp3) is 0. The van der Waals surface area contributed by atoms with Gasteiger partial charge in [-0.05, 0) is 0 Å². The molecule has 0 amide bonds. The maximum absolute atomic E-state index is 13.7. The zero-order chi connectivity index (χ0) is 15.6. The second-order valence-electron chi connectivity index (χ2n) is 3.58. The van der Waals surface area contributed by atoms with Gasteiger partial charge in [0.15, 0.2) is 11.6 Å². The van der Waals surface area contributed by atoms with Crippen LogP contribution < -0.4 is 16.0 Å². The average Bonchev–Trinajstić information content (AvgIpc) is 2.44. The minimum absolute atomic E-state index is 0.0720. The lowest BCUT2D eigenvalue weighted by atomic mass is 10.3. The van der Waals surface area contributed by atoms with Gasteiger partial charge in [0.2, 0.25) is 17.6 Å². The van der Waals surface area contributed by atoms with Gasteiger partial charge in [-0.3, -0.25) is 15.5 Å². The van der Waals surface area contributed by atoms with Gasteiger partial charge >= 0.3 is 5.69 Å². The van der Waals surface area contributed by atoms with Crippen molar-refractivity contribution in [2.24, 2.45) is 5.84 Å². The van der Waals surface area contributed by atoms with Gasteiger partial charge in [0, 0.05) is 6.07 Å². The van der Waals surface area contributed by atoms with Gasteiger partial charge in [-0.15, -0.1) is 0 Å². The number of hydrogen-bond acceptors (Lipinski definition) is 7. The van der Waals surface area contributed by atoms with E-state index in [2.05, 4.69) is 15.4 Å². The molecule has 1 aromatic carbocycles. The Kier molecular flexibility index (Phi) is 4.10. The van der Waals surface area contributed by atoms with Crippen LogP contribution in [-0.4, -0.2) is 14.9 Å². The number of nitrogens with one attached hydrogen (secondary N) is 1. The van der Waals surface area contributed by atoms with Crippen LogP contribution in [0.2, 0.25) is 5.02 Å². The van der Waals surface area contributed by atoms with Crippen molar-refractivity contribution in [2.75, 3.05) is 5.43 Å². The third-order valence-corrected chi connectivity index (χ3v) is 2.50. The molecule has 0 aliphatic heterocycles. The van der Waals surface area contributed by atoms with Crippen molar-refractivity contribution >= 4 is 23.2 Å². The predicted molar refractivity (Wildman–Crippen MR) is 67.9 cm³/mol. The molecule has 0 atom stereocenters. The SMILES string of the molecule is NNc1ncc(Cl)c(Oc2cc(F)c([N+](=O)[O-])cc2F)n1. The third kappa shape index (κ3) is 3.12. The first-order chi connectivity index (χ1) is 9.92. The number of benzene rings is 1. The Morgan fingerprint density at radius 2 is 2.10 bits per heavy atom. The number of nitrogens with two attached hydrogens (primary N) is 1. The number of nitrogens with zero attached hydrogens (tertiary/aromatic N) is 3. The first kappa shape index (κ1) is 14.8. The zero-order valence-corrected chi connectivity index (χ0v) is 10.8. The molecule has 0 radical (unpaired) electrons. The number of hydrogen-bond donors (Lipinski definition) is 2. The number of halogens is 3. The molecule has 0 unspecified atom stereocenters. The fourth-order valence-corrected chi connectivity index (χ4v) is 1.46. The highest BCUT2D eigenvalue weighted by molar-refractivity contribution is 6.31. The Labute approximate surface area is 120 Å². The number of nitro groups is 1. The quantitative estimate of drug-likeness (QED) is 0.505. The molecule has 0 aliphatic carbocycles. The fourth-order valence-electron chi connectivity index (χ4n) is 1.33. The average molecular weight is 318 g/mol. The molecular weight excluding hydrogens is 312 g/mol. The largest absolute Gasteiger partial charge is 0.434 e. The summed E-state index contributed by atoms with van der Waals surface area (Å²) in [6.45, 7) is 0. The molecule has 0 bridgehead atoms. The van der Waals surface area contributed by atoms with E-state index in [-0.39, 0.29) is 16.9 Å². The van der Waals surface area contributed by atoms with E-state index in [9.17, 15) is 18.9 Å². The maximum atomic E-state index is 13.7. The molecule has 0 saturated carbocycles. The molecule has 2 rings (SSSR count). The summed E-state index contributed by atoms with van der Waals surface area (Å²) in [4.78, 5) is 16.8. The van der Waals surface area contributed by atoms with Crippen molar-refractivity contribution < 1.29 is 18.4 Å². The van der Waals surface area contributed by atoms with Gasteiger partial charge in [-0.1, -0.05) is 11.6 Å². The number of aromatic nitrogens is 2. The van der Waals surface area contributed by atoms with Crippen molar-refractivity contribution in [3.05, 3.63) is 45.1 Å². The normalized spacial score (nSPS) is 10.3. The Hall–Kier alpha value is -2.59. The highest BCUT2D eigenvalue weighted by Gasteiger charge is 2.20. The lowest BCUT2D eigenvalue weighted by Crippen LogP contribution is -2.10. The van der Waals surface area contributed by atoms with Crippen LogP contribution >= 0.6 is 11.6 Å². The second-order valence-corrected chi connectivity index (χ2v) is 3.99. The van der Waals surface area contributed by atoms with Crippen LogP contribution in [0.4, 0.5) is 20.4 Å². The number of ether oxygens (including phenoxy) is 1. The van der Waals surface area contributed by atoms with Crippen molar-refractivity contribution in [2.45, 2.75) is 0 Å². The van der Waals surface area contributed by atoms with E-state index >= 15 is 0 Å². The number of nitro benzene ring substituents is 1. The minimum Gasteiger partial charge on any atom is -0.434 e. The molecule has 21 heavy (non-hydrogen) atoms. The Morgan fingerprint density at radius 1 is 1.38 bits per heavy atom. The van der Waals surface area contributed by atoms with E-state index in [1.54, 1.807) is 0 Å². The van der Waals surface area contributed by atoms with Crippen LogP contribution in [0.1, 0.15) is 0 Å². The lowest BCUT2D eigenvalue weighted by Gasteiger charge is -2.08. The summed E-state index contributed by atoms with van der Waals surface area (Å²) >= 11 is 5.73. The predicted octanol–water partition coefficient (Wildman–Crippen LogP) is 2.39. The smallest absolute Gasteiger partial charge is 0.307 e. The van der Waals surface area contributed by atoms with Gasteiger partial charge in [0.1, 0.15) is 5.02 Å². The van der Waals surface area contributed by atoms with Crippen LogP contribution in [0.15, 0.2) is 18.3 Å². The van der Waals surface area contributed by atoms with Crippen molar-refractivity contribution in [3.63, 3.8) is 0 Å². The molecule has 0 spiro atoms. The molecule has 1 heterocycles. The second kappa shape index (κ2) is 5.81. The lowest BCUT2D eigenvalue weighted by molar-refractivity contribution is -0.387. The number of hydrazine groups is 1. The van der Waals surface area contributed by atoms with Gasteiger partial charge < -0.3 is 4.74 Å². The third-order valence-electron chi connectivity index (χ3n) is 2.25. The van der Waals surface area contributed by atoms with Crippen molar-refractivity contribution in [1.82, 2.24) is 9.97 Å². The first-order valence-electron chi connectivity index (χ1n) is 5.23. The van der Waals surface area contributed by atoms with Gasteiger partial charge in [-0.25, -0.2) is 15.2 Å². The first-order valence-corrected chi connectivity index (χ1v) is 5.60. The van der Waals surface area contributed by atoms with E-state index in [1.165, 1.54) is 0 Å².